The molecule has 0 saturated carbocycles. The summed E-state index contributed by atoms with van der Waals surface area (Å²) in [5.41, 5.74) is 2.32. The average molecular weight is 244 g/mol. The molecule has 0 amide bonds. The van der Waals surface area contributed by atoms with Crippen LogP contribution in [-0.4, -0.2) is 18.8 Å². The number of methoxy groups -OCH3 is 2. The number of aromatic nitrogens is 1. The molecule has 3 nitrogen and oxygen atoms in total. The van der Waals surface area contributed by atoms with Gasteiger partial charge in [-0.3, -0.25) is 0 Å². The van der Waals surface area contributed by atoms with E-state index in [1.807, 2.05) is 36.7 Å². The molecule has 3 heteroatoms. The zero-order chi connectivity index (χ0) is 13.0. The summed E-state index contributed by atoms with van der Waals surface area (Å²) >= 11 is 0. The van der Waals surface area contributed by atoms with Gasteiger partial charge in [0.25, 0.3) is 0 Å². The van der Waals surface area contributed by atoms with Crippen LogP contribution in [0.3, 0.4) is 0 Å². The van der Waals surface area contributed by atoms with Crippen LogP contribution in [0.1, 0.15) is 12.0 Å². The number of hydrogen-bond donors (Lipinski definition) is 0. The summed E-state index contributed by atoms with van der Waals surface area (Å²) in [7, 11) is 3.31. The molecule has 0 spiro atoms. The van der Waals surface area contributed by atoms with Crippen LogP contribution in [0.2, 0.25) is 0 Å². The fourth-order valence-corrected chi connectivity index (χ4v) is 2.04. The van der Waals surface area contributed by atoms with Gasteiger partial charge in [0.05, 0.1) is 19.9 Å². The highest BCUT2D eigenvalue weighted by molar-refractivity contribution is 5.54. The van der Waals surface area contributed by atoms with Gasteiger partial charge in [-0.1, -0.05) is 6.92 Å². The Kier molecular flexibility index (Phi) is 3.92. The van der Waals surface area contributed by atoms with Crippen LogP contribution in [0.4, 0.5) is 0 Å². The summed E-state index contributed by atoms with van der Waals surface area (Å²) in [5, 5.41) is 0. The molecule has 0 aliphatic heterocycles. The first-order chi connectivity index (χ1) is 8.80. The Balaban J connectivity index is 2.55. The summed E-state index contributed by atoms with van der Waals surface area (Å²) in [6.07, 6.45) is 5.80. The third kappa shape index (κ3) is 2.35. The molecule has 0 bridgehead atoms. The van der Waals surface area contributed by atoms with E-state index in [-0.39, 0.29) is 0 Å². The molecular formula is C15H18NO2. The van der Waals surface area contributed by atoms with Crippen LogP contribution in [0.5, 0.6) is 11.5 Å². The lowest BCUT2D eigenvalue weighted by atomic mass is 10.1. The minimum absolute atomic E-state index is 0.744. The first kappa shape index (κ1) is 12.6. The standard InChI is InChI=1S/C15H18NO2/c1-4-7-12-10-14(17-2)15(18-3)11-13(12)16-8-5-6-9-16/h5-6,8-11H,1,4,7H2,2-3H3. The first-order valence-electron chi connectivity index (χ1n) is 5.97. The number of nitrogens with zero attached hydrogens (tertiary/aromatic N) is 1. The smallest absolute Gasteiger partial charge is 0.162 e. The van der Waals surface area contributed by atoms with Gasteiger partial charge in [-0.15, -0.1) is 0 Å². The first-order valence-corrected chi connectivity index (χ1v) is 5.97. The van der Waals surface area contributed by atoms with E-state index >= 15 is 0 Å². The maximum Gasteiger partial charge on any atom is 0.162 e. The third-order valence-electron chi connectivity index (χ3n) is 2.91. The topological polar surface area (TPSA) is 23.4 Å². The predicted molar refractivity (Wildman–Crippen MR) is 72.6 cm³/mol. The Hall–Kier alpha value is -1.90. The van der Waals surface area contributed by atoms with E-state index in [1.54, 1.807) is 14.2 Å². The molecule has 0 fully saturated rings. The van der Waals surface area contributed by atoms with E-state index in [9.17, 15) is 0 Å². The number of hydrogen-bond acceptors (Lipinski definition) is 2. The highest BCUT2D eigenvalue weighted by atomic mass is 16.5. The molecular weight excluding hydrogens is 226 g/mol. The minimum atomic E-state index is 0.744. The minimum Gasteiger partial charge on any atom is -0.493 e. The Morgan fingerprint density at radius 3 is 2.22 bits per heavy atom. The molecule has 18 heavy (non-hydrogen) atoms. The molecule has 0 saturated heterocycles. The van der Waals surface area contributed by atoms with E-state index in [4.69, 9.17) is 9.47 Å². The Morgan fingerprint density at radius 2 is 1.67 bits per heavy atom. The zero-order valence-electron chi connectivity index (χ0n) is 10.8. The van der Waals surface area contributed by atoms with Crippen molar-refractivity contribution in [1.29, 1.82) is 0 Å². The van der Waals surface area contributed by atoms with Gasteiger partial charge >= 0.3 is 0 Å². The lowest BCUT2D eigenvalue weighted by Gasteiger charge is -2.15. The van der Waals surface area contributed by atoms with Crippen molar-refractivity contribution in [3.05, 3.63) is 49.1 Å². The van der Waals surface area contributed by atoms with Crippen LogP contribution in [-0.2, 0) is 6.42 Å². The predicted octanol–water partition coefficient (Wildman–Crippen LogP) is 3.26. The van der Waals surface area contributed by atoms with Crippen LogP contribution < -0.4 is 9.47 Å². The van der Waals surface area contributed by atoms with Crippen LogP contribution in [0.25, 0.3) is 5.69 Å². The van der Waals surface area contributed by atoms with Crippen molar-refractivity contribution >= 4 is 0 Å². The van der Waals surface area contributed by atoms with Gasteiger partial charge in [0, 0.05) is 18.5 Å². The molecule has 1 radical (unpaired) electrons. The van der Waals surface area contributed by atoms with Crippen LogP contribution >= 0.6 is 0 Å². The molecule has 2 rings (SSSR count). The van der Waals surface area contributed by atoms with Gasteiger partial charge in [0.2, 0.25) is 0 Å². The second-order valence-corrected chi connectivity index (χ2v) is 4.03. The quantitative estimate of drug-likeness (QED) is 0.806. The van der Waals surface area contributed by atoms with Crippen molar-refractivity contribution in [3.63, 3.8) is 0 Å². The normalized spacial score (nSPS) is 10.4. The second kappa shape index (κ2) is 5.63. The van der Waals surface area contributed by atoms with Gasteiger partial charge in [0.15, 0.2) is 11.5 Å². The van der Waals surface area contributed by atoms with Gasteiger partial charge in [0.1, 0.15) is 0 Å². The monoisotopic (exact) mass is 244 g/mol. The van der Waals surface area contributed by atoms with E-state index < -0.39 is 0 Å². The maximum absolute atomic E-state index is 5.35. The lowest BCUT2D eigenvalue weighted by molar-refractivity contribution is 0.354. The summed E-state index contributed by atoms with van der Waals surface area (Å²) in [5.74, 6) is 1.51. The summed E-state index contributed by atoms with van der Waals surface area (Å²) in [6.45, 7) is 3.92. The number of ether oxygens (including phenoxy) is 2. The molecule has 0 unspecified atom stereocenters. The van der Waals surface area contributed by atoms with Gasteiger partial charge in [-0.25, -0.2) is 0 Å². The SMILES string of the molecule is [CH2]CCc1cc(OC)c(OC)cc1-n1cccc1. The summed E-state index contributed by atoms with van der Waals surface area (Å²) in [6, 6.07) is 8.04. The average Bonchev–Trinajstić information content (AvgIpc) is 2.92. The highest BCUT2D eigenvalue weighted by Gasteiger charge is 2.11. The fraction of sp³-hybridized carbons (Fsp3) is 0.267. The Labute approximate surface area is 108 Å². The Morgan fingerprint density at radius 1 is 1.06 bits per heavy atom. The van der Waals surface area contributed by atoms with E-state index in [0.29, 0.717) is 0 Å². The van der Waals surface area contributed by atoms with Crippen molar-refractivity contribution in [2.75, 3.05) is 14.2 Å². The van der Waals surface area contributed by atoms with E-state index in [0.717, 1.165) is 30.0 Å². The molecule has 1 heterocycles. The molecule has 1 aromatic heterocycles. The molecule has 2 aromatic rings. The maximum atomic E-state index is 5.35. The van der Waals surface area contributed by atoms with Gasteiger partial charge in [-0.05, 0) is 36.6 Å². The van der Waals surface area contributed by atoms with Crippen molar-refractivity contribution in [2.24, 2.45) is 0 Å². The molecule has 0 N–H and O–H groups in total. The van der Waals surface area contributed by atoms with E-state index in [2.05, 4.69) is 11.5 Å². The summed E-state index contributed by atoms with van der Waals surface area (Å²) < 4.78 is 12.8. The van der Waals surface area contributed by atoms with Gasteiger partial charge < -0.3 is 14.0 Å². The molecule has 0 aliphatic carbocycles. The van der Waals surface area contributed by atoms with Crippen molar-refractivity contribution in [3.8, 4) is 17.2 Å². The molecule has 1 aromatic carbocycles. The second-order valence-electron chi connectivity index (χ2n) is 4.03. The summed E-state index contributed by atoms with van der Waals surface area (Å²) in [4.78, 5) is 0. The van der Waals surface area contributed by atoms with E-state index in [1.165, 1.54) is 5.56 Å². The van der Waals surface area contributed by atoms with Crippen molar-refractivity contribution in [1.82, 2.24) is 4.57 Å². The molecule has 95 valence electrons. The zero-order valence-corrected chi connectivity index (χ0v) is 10.8. The van der Waals surface area contributed by atoms with Crippen molar-refractivity contribution < 1.29 is 9.47 Å². The molecule has 0 aliphatic rings. The van der Waals surface area contributed by atoms with Crippen LogP contribution in [0, 0.1) is 6.92 Å². The van der Waals surface area contributed by atoms with Crippen molar-refractivity contribution in [2.45, 2.75) is 12.8 Å². The van der Waals surface area contributed by atoms with Crippen LogP contribution in [0.15, 0.2) is 36.7 Å². The highest BCUT2D eigenvalue weighted by Crippen LogP contribution is 2.33. The number of benzene rings is 1. The number of aryl methyl sites for hydroxylation is 1. The fourth-order valence-electron chi connectivity index (χ4n) is 2.04. The lowest BCUT2D eigenvalue weighted by Crippen LogP contribution is -2.00. The molecule has 0 atom stereocenters. The Bertz CT molecular complexity index is 503. The number of rotatable bonds is 5. The van der Waals surface area contributed by atoms with Gasteiger partial charge in [-0.2, -0.15) is 0 Å². The largest absolute Gasteiger partial charge is 0.493 e. The third-order valence-corrected chi connectivity index (χ3v) is 2.91.